The van der Waals surface area contributed by atoms with Crippen molar-refractivity contribution >= 4 is 0 Å². The molecule has 0 saturated carbocycles. The highest BCUT2D eigenvalue weighted by molar-refractivity contribution is 4.82. The van der Waals surface area contributed by atoms with Crippen LogP contribution < -0.4 is 0 Å². The first-order valence-corrected chi connectivity index (χ1v) is 7.20. The minimum absolute atomic E-state index is 0.211. The molecule has 0 spiro atoms. The fraction of sp³-hybridized carbons (Fsp3) is 0.875. The molecule has 0 radical (unpaired) electrons. The molecule has 0 aliphatic rings. The number of unbranched alkanes of at least 4 members (excludes halogenated alkanes) is 5. The van der Waals surface area contributed by atoms with Gasteiger partial charge in [-0.05, 0) is 25.2 Å². The van der Waals surface area contributed by atoms with Crippen molar-refractivity contribution in [2.45, 2.75) is 85.7 Å². The summed E-state index contributed by atoms with van der Waals surface area (Å²) in [6, 6.07) is 0. The van der Waals surface area contributed by atoms with Crippen molar-refractivity contribution in [2.24, 2.45) is 5.41 Å². The Bertz CT molecular complexity index is 200. The molecule has 0 bridgehead atoms. The summed E-state index contributed by atoms with van der Waals surface area (Å²) in [6.45, 7) is 14.8. The summed E-state index contributed by atoms with van der Waals surface area (Å²) in [5, 5.41) is 0. The largest absolute Gasteiger partial charge is 0.495 e. The lowest BCUT2D eigenvalue weighted by Crippen LogP contribution is -2.28. The molecule has 0 heterocycles. The fourth-order valence-corrected chi connectivity index (χ4v) is 2.02. The highest BCUT2D eigenvalue weighted by Crippen LogP contribution is 2.28. The molecule has 0 rings (SSSR count). The van der Waals surface area contributed by atoms with Crippen LogP contribution in [0.5, 0.6) is 0 Å². The van der Waals surface area contributed by atoms with E-state index >= 15 is 0 Å². The van der Waals surface area contributed by atoms with E-state index in [0.717, 1.165) is 12.2 Å². The van der Waals surface area contributed by atoms with Crippen LogP contribution in [0, 0.1) is 5.41 Å². The zero-order valence-electron chi connectivity index (χ0n) is 12.6. The molecule has 1 heteroatoms. The zero-order valence-corrected chi connectivity index (χ0v) is 12.6. The maximum Gasteiger partial charge on any atom is 0.103 e. The van der Waals surface area contributed by atoms with Crippen LogP contribution in [0.4, 0.5) is 0 Å². The molecule has 0 fully saturated rings. The van der Waals surface area contributed by atoms with Crippen LogP contribution >= 0.6 is 0 Å². The maximum absolute atomic E-state index is 5.85. The summed E-state index contributed by atoms with van der Waals surface area (Å²) in [5.41, 5.74) is 0.211. The topological polar surface area (TPSA) is 9.23 Å². The van der Waals surface area contributed by atoms with E-state index in [1.807, 2.05) is 6.92 Å². The van der Waals surface area contributed by atoms with Gasteiger partial charge in [0.15, 0.2) is 0 Å². The lowest BCUT2D eigenvalue weighted by molar-refractivity contribution is 0.0204. The van der Waals surface area contributed by atoms with Gasteiger partial charge in [0, 0.05) is 0 Å². The van der Waals surface area contributed by atoms with Crippen molar-refractivity contribution in [3.63, 3.8) is 0 Å². The van der Waals surface area contributed by atoms with Gasteiger partial charge in [0.2, 0.25) is 0 Å². The summed E-state index contributed by atoms with van der Waals surface area (Å²) >= 11 is 0. The number of hydrogen-bond acceptors (Lipinski definition) is 1. The summed E-state index contributed by atoms with van der Waals surface area (Å²) in [6.07, 6.45) is 9.55. The van der Waals surface area contributed by atoms with Crippen LogP contribution in [0.1, 0.15) is 79.6 Å². The average molecular weight is 240 g/mol. The predicted octanol–water partition coefficient (Wildman–Crippen LogP) is 5.70. The number of allylic oxidation sites excluding steroid dienone is 1. The Kier molecular flexibility index (Phi) is 8.37. The summed E-state index contributed by atoms with van der Waals surface area (Å²) in [4.78, 5) is 0. The Morgan fingerprint density at radius 1 is 1.06 bits per heavy atom. The smallest absolute Gasteiger partial charge is 0.103 e. The molecule has 17 heavy (non-hydrogen) atoms. The van der Waals surface area contributed by atoms with E-state index in [1.54, 1.807) is 0 Å². The molecule has 0 aliphatic carbocycles. The minimum Gasteiger partial charge on any atom is -0.495 e. The highest BCUT2D eigenvalue weighted by atomic mass is 16.5. The molecular weight excluding hydrogens is 208 g/mol. The summed E-state index contributed by atoms with van der Waals surface area (Å²) in [7, 11) is 0. The van der Waals surface area contributed by atoms with E-state index in [1.165, 1.54) is 38.5 Å². The summed E-state index contributed by atoms with van der Waals surface area (Å²) < 4.78 is 5.85. The van der Waals surface area contributed by atoms with Gasteiger partial charge in [-0.2, -0.15) is 0 Å². The first-order valence-electron chi connectivity index (χ1n) is 7.20. The van der Waals surface area contributed by atoms with Crippen molar-refractivity contribution in [2.75, 3.05) is 0 Å². The second-order valence-electron chi connectivity index (χ2n) is 6.23. The van der Waals surface area contributed by atoms with E-state index < -0.39 is 0 Å². The van der Waals surface area contributed by atoms with Crippen molar-refractivity contribution < 1.29 is 4.74 Å². The molecule has 1 nitrogen and oxygen atoms in total. The van der Waals surface area contributed by atoms with Crippen molar-refractivity contribution in [1.29, 1.82) is 0 Å². The molecule has 1 atom stereocenters. The number of hydrogen-bond donors (Lipinski definition) is 0. The van der Waals surface area contributed by atoms with Crippen LogP contribution in [0.2, 0.25) is 0 Å². The standard InChI is InChI=1S/C16H32O/c1-7-8-9-10-11-12-13-15(16(4,5)6)17-14(2)3/h15H,2,7-13H2,1,3-6H3. The monoisotopic (exact) mass is 240 g/mol. The van der Waals surface area contributed by atoms with Gasteiger partial charge in [0.05, 0.1) is 5.76 Å². The lowest BCUT2D eigenvalue weighted by atomic mass is 9.85. The second-order valence-corrected chi connectivity index (χ2v) is 6.23. The molecule has 0 N–H and O–H groups in total. The van der Waals surface area contributed by atoms with Crippen molar-refractivity contribution in [1.82, 2.24) is 0 Å². The van der Waals surface area contributed by atoms with Gasteiger partial charge in [0.1, 0.15) is 6.10 Å². The Balaban J connectivity index is 3.81. The molecule has 102 valence electrons. The molecule has 0 aromatic heterocycles. The van der Waals surface area contributed by atoms with E-state index in [4.69, 9.17) is 4.74 Å². The molecule has 0 aromatic carbocycles. The Morgan fingerprint density at radius 3 is 2.06 bits per heavy atom. The van der Waals surface area contributed by atoms with E-state index in [0.29, 0.717) is 6.10 Å². The minimum atomic E-state index is 0.211. The Labute approximate surface area is 109 Å². The third-order valence-electron chi connectivity index (χ3n) is 3.13. The van der Waals surface area contributed by atoms with E-state index in [2.05, 4.69) is 34.3 Å². The second kappa shape index (κ2) is 8.60. The molecule has 0 amide bonds. The predicted molar refractivity (Wildman–Crippen MR) is 77.1 cm³/mol. The van der Waals surface area contributed by atoms with Gasteiger partial charge >= 0.3 is 0 Å². The van der Waals surface area contributed by atoms with Gasteiger partial charge in [-0.1, -0.05) is 66.4 Å². The Hall–Kier alpha value is -0.460. The van der Waals surface area contributed by atoms with Gasteiger partial charge in [-0.25, -0.2) is 0 Å². The fourth-order valence-electron chi connectivity index (χ4n) is 2.02. The highest BCUT2D eigenvalue weighted by Gasteiger charge is 2.25. The normalized spacial score (nSPS) is 13.5. The van der Waals surface area contributed by atoms with Gasteiger partial charge in [-0.15, -0.1) is 0 Å². The lowest BCUT2D eigenvalue weighted by Gasteiger charge is -2.31. The molecule has 0 aliphatic heterocycles. The molecule has 1 unspecified atom stereocenters. The van der Waals surface area contributed by atoms with Crippen LogP contribution in [0.15, 0.2) is 12.3 Å². The van der Waals surface area contributed by atoms with Crippen molar-refractivity contribution in [3.8, 4) is 0 Å². The van der Waals surface area contributed by atoms with Crippen LogP contribution in [-0.2, 0) is 4.74 Å². The number of rotatable bonds is 9. The van der Waals surface area contributed by atoms with Crippen LogP contribution in [0.25, 0.3) is 0 Å². The van der Waals surface area contributed by atoms with Crippen LogP contribution in [0.3, 0.4) is 0 Å². The third kappa shape index (κ3) is 9.26. The van der Waals surface area contributed by atoms with Gasteiger partial charge in [0.25, 0.3) is 0 Å². The Morgan fingerprint density at radius 2 is 1.59 bits per heavy atom. The number of ether oxygens (including phenoxy) is 1. The molecule has 0 aromatic rings. The van der Waals surface area contributed by atoms with Crippen LogP contribution in [-0.4, -0.2) is 6.10 Å². The van der Waals surface area contributed by atoms with Gasteiger partial charge in [-0.3, -0.25) is 0 Å². The maximum atomic E-state index is 5.85. The SMILES string of the molecule is C=C(C)OC(CCCCCCCC)C(C)(C)C. The van der Waals surface area contributed by atoms with Crippen molar-refractivity contribution in [3.05, 3.63) is 12.3 Å². The third-order valence-corrected chi connectivity index (χ3v) is 3.13. The molecular formula is C16H32O. The van der Waals surface area contributed by atoms with E-state index in [9.17, 15) is 0 Å². The molecule has 0 saturated heterocycles. The van der Waals surface area contributed by atoms with E-state index in [-0.39, 0.29) is 5.41 Å². The first-order chi connectivity index (χ1) is 7.88. The quantitative estimate of drug-likeness (QED) is 0.371. The summed E-state index contributed by atoms with van der Waals surface area (Å²) in [5.74, 6) is 0.843. The van der Waals surface area contributed by atoms with Gasteiger partial charge < -0.3 is 4.74 Å². The average Bonchev–Trinajstić information content (AvgIpc) is 2.19. The zero-order chi connectivity index (χ0) is 13.3. The first kappa shape index (κ1) is 16.5.